The molecule has 22 heavy (non-hydrogen) atoms. The van der Waals surface area contributed by atoms with E-state index in [1.165, 1.54) is 0 Å². The van der Waals surface area contributed by atoms with E-state index in [2.05, 4.69) is 36.2 Å². The zero-order valence-electron chi connectivity index (χ0n) is 11.8. The predicted molar refractivity (Wildman–Crippen MR) is 80.2 cm³/mol. The normalized spacial score (nSPS) is 14.4. The van der Waals surface area contributed by atoms with Crippen LogP contribution in [0.2, 0.25) is 0 Å². The largest absolute Gasteiger partial charge is 0.328 e. The number of rotatable bonds is 1. The van der Waals surface area contributed by atoms with Gasteiger partial charge in [-0.1, -0.05) is 0 Å². The first-order chi connectivity index (χ1) is 10.6. The molecule has 112 valence electrons. The van der Waals surface area contributed by atoms with E-state index in [1.54, 1.807) is 27.9 Å². The number of hydrogen-bond donors (Lipinski definition) is 0. The number of aromatic nitrogens is 6. The van der Waals surface area contributed by atoms with Crippen LogP contribution in [0.25, 0.3) is 5.65 Å². The van der Waals surface area contributed by atoms with E-state index in [1.807, 2.05) is 11.5 Å². The molecule has 0 fully saturated rings. The van der Waals surface area contributed by atoms with Crippen molar-refractivity contribution >= 4 is 27.5 Å². The van der Waals surface area contributed by atoms with Crippen LogP contribution >= 0.6 is 15.9 Å². The van der Waals surface area contributed by atoms with Crippen molar-refractivity contribution in [3.8, 4) is 0 Å². The summed E-state index contributed by atoms with van der Waals surface area (Å²) in [7, 11) is 0. The smallest absolute Gasteiger partial charge is 0.274 e. The molecule has 4 rings (SSSR count). The Hall–Kier alpha value is -2.29. The number of carbonyl (C=O) groups is 1. The van der Waals surface area contributed by atoms with Crippen molar-refractivity contribution < 1.29 is 4.79 Å². The van der Waals surface area contributed by atoms with Gasteiger partial charge in [-0.25, -0.2) is 9.50 Å². The average Bonchev–Trinajstić information content (AvgIpc) is 3.09. The van der Waals surface area contributed by atoms with Crippen molar-refractivity contribution in [1.82, 2.24) is 34.3 Å². The lowest BCUT2D eigenvalue weighted by molar-refractivity contribution is 0.0700. The van der Waals surface area contributed by atoms with Gasteiger partial charge in [0.05, 0.1) is 11.0 Å². The summed E-state index contributed by atoms with van der Waals surface area (Å²) in [5.74, 6) is 1.57. The van der Waals surface area contributed by atoms with E-state index in [4.69, 9.17) is 0 Å². The second-order valence-electron chi connectivity index (χ2n) is 5.15. The lowest BCUT2D eigenvalue weighted by Crippen LogP contribution is -2.38. The molecule has 0 aromatic carbocycles. The van der Waals surface area contributed by atoms with Gasteiger partial charge in [-0.3, -0.25) is 4.79 Å². The Morgan fingerprint density at radius 1 is 1.32 bits per heavy atom. The standard InChI is InChI=1S/C13H12BrN7O/c1-8-16-17-12-7-19(2-3-20(8)12)13(22)10-4-11-15-5-9(14)6-21(11)18-10/h4-6H,2-3,7H2,1H3. The van der Waals surface area contributed by atoms with Crippen LogP contribution in [0.3, 0.4) is 0 Å². The Bertz CT molecular complexity index is 884. The summed E-state index contributed by atoms with van der Waals surface area (Å²) in [6, 6.07) is 1.69. The van der Waals surface area contributed by atoms with Crippen molar-refractivity contribution in [2.75, 3.05) is 6.54 Å². The van der Waals surface area contributed by atoms with E-state index in [9.17, 15) is 4.79 Å². The number of hydrogen-bond acceptors (Lipinski definition) is 5. The van der Waals surface area contributed by atoms with Gasteiger partial charge in [0.2, 0.25) is 0 Å². The number of carbonyl (C=O) groups excluding carboxylic acids is 1. The molecule has 1 aliphatic rings. The molecule has 0 saturated carbocycles. The van der Waals surface area contributed by atoms with Gasteiger partial charge in [0.25, 0.3) is 5.91 Å². The Balaban J connectivity index is 1.63. The summed E-state index contributed by atoms with van der Waals surface area (Å²) in [5, 5.41) is 12.5. The first kappa shape index (κ1) is 13.4. The zero-order valence-corrected chi connectivity index (χ0v) is 13.4. The molecule has 9 heteroatoms. The van der Waals surface area contributed by atoms with Gasteiger partial charge in [0.1, 0.15) is 5.82 Å². The minimum Gasteiger partial charge on any atom is -0.328 e. The summed E-state index contributed by atoms with van der Waals surface area (Å²) in [5.41, 5.74) is 1.03. The molecule has 0 aliphatic carbocycles. The van der Waals surface area contributed by atoms with E-state index in [0.717, 1.165) is 16.1 Å². The minimum absolute atomic E-state index is 0.117. The van der Waals surface area contributed by atoms with Crippen molar-refractivity contribution in [1.29, 1.82) is 0 Å². The molecule has 8 nitrogen and oxygen atoms in total. The van der Waals surface area contributed by atoms with E-state index < -0.39 is 0 Å². The third-order valence-corrected chi connectivity index (χ3v) is 4.14. The quantitative estimate of drug-likeness (QED) is 0.646. The molecule has 3 aromatic rings. The highest BCUT2D eigenvalue weighted by atomic mass is 79.9. The van der Waals surface area contributed by atoms with Crippen molar-refractivity contribution in [2.24, 2.45) is 0 Å². The highest BCUT2D eigenvalue weighted by Gasteiger charge is 2.25. The monoisotopic (exact) mass is 361 g/mol. The summed E-state index contributed by atoms with van der Waals surface area (Å²) in [4.78, 5) is 18.6. The molecule has 1 amide bonds. The second-order valence-corrected chi connectivity index (χ2v) is 6.06. The van der Waals surface area contributed by atoms with Gasteiger partial charge in [-0.15, -0.1) is 10.2 Å². The van der Waals surface area contributed by atoms with E-state index in [-0.39, 0.29) is 5.91 Å². The first-order valence-electron chi connectivity index (χ1n) is 6.81. The minimum atomic E-state index is -0.117. The molecule has 0 saturated heterocycles. The maximum atomic E-state index is 12.6. The van der Waals surface area contributed by atoms with Crippen molar-refractivity contribution in [3.63, 3.8) is 0 Å². The number of nitrogens with zero attached hydrogens (tertiary/aromatic N) is 7. The zero-order chi connectivity index (χ0) is 15.3. The number of aryl methyl sites for hydroxylation is 1. The molecule has 0 N–H and O–H groups in total. The molecule has 1 aliphatic heterocycles. The third kappa shape index (κ3) is 2.08. The SMILES string of the molecule is Cc1nnc2n1CCN(C(=O)c1cc3ncc(Br)cn3n1)C2. The third-order valence-electron chi connectivity index (χ3n) is 3.73. The summed E-state index contributed by atoms with van der Waals surface area (Å²) in [6.07, 6.45) is 3.45. The Kier molecular flexibility index (Phi) is 2.96. The topological polar surface area (TPSA) is 81.2 Å². The maximum absolute atomic E-state index is 12.6. The van der Waals surface area contributed by atoms with Gasteiger partial charge < -0.3 is 9.47 Å². The second kappa shape index (κ2) is 4.87. The van der Waals surface area contributed by atoms with E-state index >= 15 is 0 Å². The molecule has 0 radical (unpaired) electrons. The molecular formula is C13H12BrN7O. The summed E-state index contributed by atoms with van der Waals surface area (Å²) in [6.45, 7) is 3.69. The van der Waals surface area contributed by atoms with Gasteiger partial charge in [0, 0.05) is 31.5 Å². The number of fused-ring (bicyclic) bond motifs is 2. The van der Waals surface area contributed by atoms with Crippen molar-refractivity contribution in [2.45, 2.75) is 20.0 Å². The van der Waals surface area contributed by atoms with Crippen LogP contribution in [0.15, 0.2) is 22.9 Å². The fraction of sp³-hybridized carbons (Fsp3) is 0.308. The van der Waals surface area contributed by atoms with Crippen LogP contribution in [0.5, 0.6) is 0 Å². The number of amides is 1. The Labute approximate surface area is 133 Å². The molecule has 3 aromatic heterocycles. The molecule has 0 bridgehead atoms. The molecule has 4 heterocycles. The van der Waals surface area contributed by atoms with Gasteiger partial charge in [-0.05, 0) is 22.9 Å². The van der Waals surface area contributed by atoms with Crippen LogP contribution in [-0.2, 0) is 13.1 Å². The van der Waals surface area contributed by atoms with Crippen LogP contribution in [0, 0.1) is 6.92 Å². The summed E-state index contributed by atoms with van der Waals surface area (Å²) >= 11 is 3.34. The van der Waals surface area contributed by atoms with Crippen LogP contribution in [-0.4, -0.2) is 46.7 Å². The Morgan fingerprint density at radius 2 is 2.18 bits per heavy atom. The van der Waals surface area contributed by atoms with E-state index in [0.29, 0.717) is 31.0 Å². The molecule has 0 atom stereocenters. The maximum Gasteiger partial charge on any atom is 0.274 e. The fourth-order valence-electron chi connectivity index (χ4n) is 2.60. The Morgan fingerprint density at radius 3 is 3.05 bits per heavy atom. The van der Waals surface area contributed by atoms with Crippen molar-refractivity contribution in [3.05, 3.63) is 40.3 Å². The lowest BCUT2D eigenvalue weighted by atomic mass is 10.3. The highest BCUT2D eigenvalue weighted by molar-refractivity contribution is 9.10. The molecule has 0 spiro atoms. The molecule has 0 unspecified atom stereocenters. The fourth-order valence-corrected chi connectivity index (χ4v) is 2.89. The number of halogens is 1. The predicted octanol–water partition coefficient (Wildman–Crippen LogP) is 1.05. The van der Waals surface area contributed by atoms with Gasteiger partial charge in [0.15, 0.2) is 17.2 Å². The van der Waals surface area contributed by atoms with Gasteiger partial charge >= 0.3 is 0 Å². The molecular weight excluding hydrogens is 350 g/mol. The average molecular weight is 362 g/mol. The first-order valence-corrected chi connectivity index (χ1v) is 7.60. The highest BCUT2D eigenvalue weighted by Crippen LogP contribution is 2.16. The van der Waals surface area contributed by atoms with Crippen LogP contribution in [0.1, 0.15) is 22.1 Å². The lowest BCUT2D eigenvalue weighted by Gasteiger charge is -2.26. The summed E-state index contributed by atoms with van der Waals surface area (Å²) < 4.78 is 4.43. The van der Waals surface area contributed by atoms with Crippen LogP contribution < -0.4 is 0 Å². The van der Waals surface area contributed by atoms with Gasteiger partial charge in [-0.2, -0.15) is 5.10 Å². The van der Waals surface area contributed by atoms with Crippen LogP contribution in [0.4, 0.5) is 0 Å².